The number of fused-ring (bicyclic) bond motifs is 2. The van der Waals surface area contributed by atoms with Crippen molar-refractivity contribution in [2.75, 3.05) is 14.2 Å². The first kappa shape index (κ1) is 22.8. The number of halogens is 1. The van der Waals surface area contributed by atoms with Crippen molar-refractivity contribution in [3.8, 4) is 11.4 Å². The molecule has 0 fully saturated rings. The van der Waals surface area contributed by atoms with E-state index in [0.29, 0.717) is 21.9 Å². The van der Waals surface area contributed by atoms with Gasteiger partial charge in [0.05, 0.1) is 52.9 Å². The van der Waals surface area contributed by atoms with Gasteiger partial charge < -0.3 is 14.6 Å². The lowest BCUT2D eigenvalue weighted by Gasteiger charge is -2.33. The number of nitrogens with one attached hydrogen (secondary N) is 2. The number of carbonyl (C=O) groups is 2. The van der Waals surface area contributed by atoms with Gasteiger partial charge in [0.25, 0.3) is 5.91 Å². The number of rotatable bonds is 5. The van der Waals surface area contributed by atoms with Crippen molar-refractivity contribution >= 4 is 45.4 Å². The Labute approximate surface area is 196 Å². The molecular weight excluding hydrogens is 442 g/mol. The first-order valence-electron chi connectivity index (χ1n) is 10.6. The number of aromatic amines is 1. The highest BCUT2D eigenvalue weighted by atomic mass is 35.5. The summed E-state index contributed by atoms with van der Waals surface area (Å²) in [5.74, 6) is 0.0501. The predicted molar refractivity (Wildman–Crippen MR) is 128 cm³/mol. The van der Waals surface area contributed by atoms with Crippen LogP contribution >= 0.6 is 11.6 Å². The molecule has 2 heterocycles. The van der Waals surface area contributed by atoms with Crippen LogP contribution in [0.15, 0.2) is 36.5 Å². The highest BCUT2D eigenvalue weighted by Crippen LogP contribution is 2.41. The summed E-state index contributed by atoms with van der Waals surface area (Å²) in [7, 11) is 2.94. The van der Waals surface area contributed by atoms with Crippen LogP contribution < -0.4 is 5.32 Å². The fourth-order valence-corrected chi connectivity index (χ4v) is 4.29. The number of amides is 1. The zero-order valence-corrected chi connectivity index (χ0v) is 19.9. The van der Waals surface area contributed by atoms with Crippen molar-refractivity contribution in [1.82, 2.24) is 25.1 Å². The summed E-state index contributed by atoms with van der Waals surface area (Å²) in [6.45, 7) is 6.19. The first-order chi connectivity index (χ1) is 15.6. The maximum Gasteiger partial charge on any atom is 0.307 e. The summed E-state index contributed by atoms with van der Waals surface area (Å²) in [5.41, 5.74) is 3.08. The van der Waals surface area contributed by atoms with Crippen molar-refractivity contribution < 1.29 is 14.3 Å². The molecule has 8 nitrogen and oxygen atoms in total. The Bertz CT molecular complexity index is 1370. The molecule has 172 valence electrons. The largest absolute Gasteiger partial charge is 0.469 e. The van der Waals surface area contributed by atoms with Crippen LogP contribution in [0.5, 0.6) is 0 Å². The van der Waals surface area contributed by atoms with Gasteiger partial charge in [0.1, 0.15) is 5.82 Å². The van der Waals surface area contributed by atoms with Gasteiger partial charge in [-0.15, -0.1) is 0 Å². The number of H-pyrrole nitrogens is 1. The van der Waals surface area contributed by atoms with E-state index in [1.54, 1.807) is 25.4 Å². The minimum absolute atomic E-state index is 0.152. The maximum atomic E-state index is 12.4. The van der Waals surface area contributed by atoms with Gasteiger partial charge in [0, 0.05) is 18.0 Å². The van der Waals surface area contributed by atoms with Crippen LogP contribution in [0.3, 0.4) is 0 Å². The van der Waals surface area contributed by atoms with Gasteiger partial charge in [-0.1, -0.05) is 44.5 Å². The quantitative estimate of drug-likeness (QED) is 0.412. The third kappa shape index (κ3) is 4.18. The first-order valence-corrected chi connectivity index (χ1v) is 11.0. The van der Waals surface area contributed by atoms with Gasteiger partial charge >= 0.3 is 5.97 Å². The predicted octanol–water partition coefficient (Wildman–Crippen LogP) is 4.74. The van der Waals surface area contributed by atoms with Crippen molar-refractivity contribution in [3.05, 3.63) is 47.1 Å². The van der Waals surface area contributed by atoms with E-state index in [4.69, 9.17) is 21.3 Å². The summed E-state index contributed by atoms with van der Waals surface area (Å²) in [6.07, 6.45) is 1.91. The molecule has 0 aliphatic rings. The average molecular weight is 468 g/mol. The zero-order chi connectivity index (χ0) is 23.9. The van der Waals surface area contributed by atoms with Gasteiger partial charge in [-0.05, 0) is 23.6 Å². The molecule has 1 amide bonds. The Kier molecular flexibility index (Phi) is 5.88. The molecule has 0 spiro atoms. The lowest BCUT2D eigenvalue weighted by Crippen LogP contribution is -2.28. The normalized spacial score (nSPS) is 12.8. The molecule has 0 saturated carbocycles. The Hall–Kier alpha value is -3.39. The minimum atomic E-state index is -0.320. The van der Waals surface area contributed by atoms with Crippen LogP contribution in [-0.4, -0.2) is 45.8 Å². The summed E-state index contributed by atoms with van der Waals surface area (Å²) in [6, 6.07) is 9.04. The van der Waals surface area contributed by atoms with Crippen molar-refractivity contribution in [1.29, 1.82) is 0 Å². The number of carbonyl (C=O) groups excluding carboxylic acids is 2. The number of esters is 1. The third-order valence-corrected chi connectivity index (χ3v) is 6.16. The van der Waals surface area contributed by atoms with E-state index in [-0.39, 0.29) is 29.8 Å². The molecule has 1 atom stereocenters. The van der Waals surface area contributed by atoms with E-state index in [9.17, 15) is 9.59 Å². The average Bonchev–Trinajstić information content (AvgIpc) is 3.39. The smallest absolute Gasteiger partial charge is 0.307 e. The molecule has 0 radical (unpaired) electrons. The monoisotopic (exact) mass is 467 g/mol. The molecule has 0 unspecified atom stereocenters. The number of methoxy groups -OCH3 is 1. The molecule has 0 bridgehead atoms. The SMILES string of the molecule is CNC(=O)c1cc2nc(-c3ccc4cn[nH]c4c3)n([C@H](CC(=O)OC)C(C)(C)C)c2cc1Cl. The lowest BCUT2D eigenvalue weighted by molar-refractivity contribution is -0.142. The highest BCUT2D eigenvalue weighted by molar-refractivity contribution is 6.34. The Balaban J connectivity index is 2.03. The van der Waals surface area contributed by atoms with Crippen LogP contribution in [-0.2, 0) is 9.53 Å². The summed E-state index contributed by atoms with van der Waals surface area (Å²) >= 11 is 6.51. The molecule has 0 aliphatic heterocycles. The number of aromatic nitrogens is 4. The Morgan fingerprint density at radius 1 is 1.24 bits per heavy atom. The van der Waals surface area contributed by atoms with Crippen LogP contribution in [0.4, 0.5) is 0 Å². The number of ether oxygens (including phenoxy) is 1. The molecule has 9 heteroatoms. The van der Waals surface area contributed by atoms with E-state index in [0.717, 1.165) is 22.0 Å². The van der Waals surface area contributed by atoms with E-state index >= 15 is 0 Å². The van der Waals surface area contributed by atoms with Crippen molar-refractivity contribution in [2.24, 2.45) is 5.41 Å². The van der Waals surface area contributed by atoms with Gasteiger partial charge in [-0.3, -0.25) is 14.7 Å². The molecular formula is C24H26ClN5O3. The van der Waals surface area contributed by atoms with Gasteiger partial charge in [-0.2, -0.15) is 5.10 Å². The van der Waals surface area contributed by atoms with Crippen molar-refractivity contribution in [3.63, 3.8) is 0 Å². The van der Waals surface area contributed by atoms with Gasteiger partial charge in [0.2, 0.25) is 0 Å². The second kappa shape index (κ2) is 8.51. The Morgan fingerprint density at radius 2 is 2.00 bits per heavy atom. The number of nitrogens with zero attached hydrogens (tertiary/aromatic N) is 3. The second-order valence-corrected chi connectivity index (χ2v) is 9.45. The highest BCUT2D eigenvalue weighted by Gasteiger charge is 2.33. The maximum absolute atomic E-state index is 12.4. The molecule has 2 aromatic heterocycles. The van der Waals surface area contributed by atoms with E-state index in [1.165, 1.54) is 7.11 Å². The topological polar surface area (TPSA) is 102 Å². The molecule has 33 heavy (non-hydrogen) atoms. The number of benzene rings is 2. The Morgan fingerprint density at radius 3 is 2.67 bits per heavy atom. The van der Waals surface area contributed by atoms with E-state index < -0.39 is 0 Å². The number of hydrogen-bond acceptors (Lipinski definition) is 5. The summed E-state index contributed by atoms with van der Waals surface area (Å²) < 4.78 is 7.03. The van der Waals surface area contributed by atoms with Crippen LogP contribution in [0.25, 0.3) is 33.3 Å². The van der Waals surface area contributed by atoms with Crippen molar-refractivity contribution in [2.45, 2.75) is 33.2 Å². The van der Waals surface area contributed by atoms with Gasteiger partial charge in [-0.25, -0.2) is 4.98 Å². The molecule has 0 aliphatic carbocycles. The molecule has 2 aromatic carbocycles. The molecule has 2 N–H and O–H groups in total. The van der Waals surface area contributed by atoms with Gasteiger partial charge in [0.15, 0.2) is 0 Å². The number of hydrogen-bond donors (Lipinski definition) is 2. The van der Waals surface area contributed by atoms with Crippen LogP contribution in [0.1, 0.15) is 43.6 Å². The minimum Gasteiger partial charge on any atom is -0.469 e. The molecule has 4 rings (SSSR count). The second-order valence-electron chi connectivity index (χ2n) is 9.04. The fourth-order valence-electron chi connectivity index (χ4n) is 4.05. The molecule has 0 saturated heterocycles. The zero-order valence-electron chi connectivity index (χ0n) is 19.2. The third-order valence-electron chi connectivity index (χ3n) is 5.85. The number of imidazole rings is 1. The molecule has 4 aromatic rings. The lowest BCUT2D eigenvalue weighted by atomic mass is 9.84. The van der Waals surface area contributed by atoms with E-state index in [1.807, 2.05) is 22.8 Å². The van der Waals surface area contributed by atoms with Crippen LogP contribution in [0.2, 0.25) is 5.02 Å². The summed E-state index contributed by atoms with van der Waals surface area (Å²) in [4.78, 5) is 29.6. The fraction of sp³-hybridized carbons (Fsp3) is 0.333. The van der Waals surface area contributed by atoms with E-state index in [2.05, 4.69) is 36.3 Å². The summed E-state index contributed by atoms with van der Waals surface area (Å²) in [5, 5.41) is 11.0. The standard InChI is InChI=1S/C24H26ClN5O3/c1-24(2,3)20(11-21(31)33-5)30-19-10-16(25)15(23(32)26-4)9-18(19)28-22(30)13-6-7-14-12-27-29-17(14)8-13/h6-10,12,20H,11H2,1-5H3,(H,26,32)(H,27,29)/t20-/m1/s1. The van der Waals surface area contributed by atoms with Crippen LogP contribution in [0, 0.1) is 5.41 Å².